The Morgan fingerprint density at radius 2 is 0.647 bits per heavy atom. The Hall–Kier alpha value is -6.54. The zero-order valence-corrected chi connectivity index (χ0v) is 27.5. The molecule has 3 aromatic heterocycles. The molecule has 0 unspecified atom stereocenters. The standard InChI is InChI=1S/C44H31BN4O2/c50-45(51)32-18-16-31(17-19-32)44-39-26-24-37(48-39)42(29-12-6-2-7-13-29)35-22-20-33(46-35)41(28-10-4-1-5-11-28)34-21-23-36(47-34)43(30-14-8-3-9-15-30)38-25-27-40(44)49-38/h1-27,46,49-51H. The van der Waals surface area contributed by atoms with Gasteiger partial charge in [-0.15, -0.1) is 0 Å². The van der Waals surface area contributed by atoms with Crippen LogP contribution < -0.4 is 5.46 Å². The van der Waals surface area contributed by atoms with E-state index in [0.29, 0.717) is 5.46 Å². The SMILES string of the molecule is OB(O)c1ccc(-c2c3nc(c(-c4ccccc4)c4ccc([nH]4)c(-c4ccccc4)c4nc(c(-c5ccccc5)c5ccc2[nH]5)C=C4)C=C3)cc1. The number of hydrogen-bond acceptors (Lipinski definition) is 4. The van der Waals surface area contributed by atoms with E-state index < -0.39 is 7.12 Å². The normalized spacial score (nSPS) is 12.0. The first-order chi connectivity index (χ1) is 25.1. The van der Waals surface area contributed by atoms with Crippen LogP contribution in [0.2, 0.25) is 0 Å². The van der Waals surface area contributed by atoms with E-state index in [1.807, 2.05) is 54.6 Å². The van der Waals surface area contributed by atoms with Crippen LogP contribution in [0.4, 0.5) is 0 Å². The van der Waals surface area contributed by atoms with E-state index in [0.717, 1.165) is 89.4 Å². The quantitative estimate of drug-likeness (QED) is 0.139. The van der Waals surface area contributed by atoms with Crippen LogP contribution in [0.3, 0.4) is 0 Å². The molecule has 9 rings (SSSR count). The Labute approximate surface area is 295 Å². The van der Waals surface area contributed by atoms with E-state index >= 15 is 0 Å². The van der Waals surface area contributed by atoms with Crippen molar-refractivity contribution >= 4 is 59.0 Å². The summed E-state index contributed by atoms with van der Waals surface area (Å²) in [5.41, 5.74) is 15.3. The Kier molecular flexibility index (Phi) is 7.62. The molecule has 0 fully saturated rings. The first-order valence-corrected chi connectivity index (χ1v) is 16.9. The molecule has 0 atom stereocenters. The van der Waals surface area contributed by atoms with Gasteiger partial charge in [0, 0.05) is 44.3 Å². The highest BCUT2D eigenvalue weighted by atomic mass is 16.4. The maximum Gasteiger partial charge on any atom is 0.488 e. The minimum atomic E-state index is -1.56. The number of aromatic amines is 2. The van der Waals surface area contributed by atoms with E-state index in [2.05, 4.69) is 107 Å². The van der Waals surface area contributed by atoms with Crippen LogP contribution in [0, 0.1) is 0 Å². The van der Waals surface area contributed by atoms with Crippen LogP contribution in [0.15, 0.2) is 140 Å². The average molecular weight is 659 g/mol. The fourth-order valence-electron chi connectivity index (χ4n) is 7.06. The van der Waals surface area contributed by atoms with Crippen molar-refractivity contribution in [2.24, 2.45) is 0 Å². The molecule has 0 aliphatic carbocycles. The van der Waals surface area contributed by atoms with Crippen molar-refractivity contribution in [3.05, 3.63) is 162 Å². The summed E-state index contributed by atoms with van der Waals surface area (Å²) in [7, 11) is -1.56. The van der Waals surface area contributed by atoms with Crippen LogP contribution in [-0.2, 0) is 0 Å². The van der Waals surface area contributed by atoms with Gasteiger partial charge < -0.3 is 20.0 Å². The highest BCUT2D eigenvalue weighted by molar-refractivity contribution is 6.58. The topological polar surface area (TPSA) is 97.8 Å². The Balaban J connectivity index is 1.46. The summed E-state index contributed by atoms with van der Waals surface area (Å²) in [6, 6.07) is 46.8. The molecule has 0 saturated carbocycles. The van der Waals surface area contributed by atoms with Gasteiger partial charge in [0.2, 0.25) is 0 Å². The van der Waals surface area contributed by atoms with E-state index in [1.54, 1.807) is 12.1 Å². The Bertz CT molecular complexity index is 2610. The molecule has 5 heterocycles. The van der Waals surface area contributed by atoms with Gasteiger partial charge in [0.1, 0.15) is 0 Å². The number of H-pyrrole nitrogens is 2. The van der Waals surface area contributed by atoms with Crippen LogP contribution in [0.5, 0.6) is 0 Å². The third-order valence-corrected chi connectivity index (χ3v) is 9.44. The maximum absolute atomic E-state index is 9.83. The molecule has 2 aliphatic heterocycles. The molecular weight excluding hydrogens is 627 g/mol. The van der Waals surface area contributed by atoms with Gasteiger partial charge in [0.05, 0.1) is 22.8 Å². The van der Waals surface area contributed by atoms with Crippen molar-refractivity contribution in [2.75, 3.05) is 0 Å². The zero-order chi connectivity index (χ0) is 34.3. The predicted octanol–water partition coefficient (Wildman–Crippen LogP) is 9.00. The molecular formula is C44H31BN4O2. The maximum atomic E-state index is 9.83. The second kappa shape index (κ2) is 12.7. The first-order valence-electron chi connectivity index (χ1n) is 16.9. The van der Waals surface area contributed by atoms with Crippen molar-refractivity contribution in [3.63, 3.8) is 0 Å². The zero-order valence-electron chi connectivity index (χ0n) is 27.5. The fourth-order valence-corrected chi connectivity index (χ4v) is 7.06. The van der Waals surface area contributed by atoms with E-state index in [1.165, 1.54) is 0 Å². The second-order valence-electron chi connectivity index (χ2n) is 12.6. The van der Waals surface area contributed by atoms with Gasteiger partial charge in [-0.2, -0.15) is 0 Å². The molecule has 51 heavy (non-hydrogen) atoms. The van der Waals surface area contributed by atoms with Crippen molar-refractivity contribution in [2.45, 2.75) is 0 Å². The molecule has 7 aromatic rings. The molecule has 6 nitrogen and oxygen atoms in total. The number of fused-ring (bicyclic) bond motifs is 8. The Morgan fingerprint density at radius 3 is 0.941 bits per heavy atom. The smallest absolute Gasteiger partial charge is 0.423 e. The highest BCUT2D eigenvalue weighted by Crippen LogP contribution is 2.38. The number of hydrogen-bond donors (Lipinski definition) is 4. The van der Waals surface area contributed by atoms with Gasteiger partial charge >= 0.3 is 7.12 Å². The summed E-state index contributed by atoms with van der Waals surface area (Å²) >= 11 is 0. The van der Waals surface area contributed by atoms with Gasteiger partial charge in [-0.25, -0.2) is 9.97 Å². The highest BCUT2D eigenvalue weighted by Gasteiger charge is 2.19. The fraction of sp³-hybridized carbons (Fsp3) is 0. The number of nitrogens with one attached hydrogen (secondary N) is 2. The lowest BCUT2D eigenvalue weighted by Crippen LogP contribution is -2.29. The van der Waals surface area contributed by atoms with Crippen LogP contribution in [-0.4, -0.2) is 37.1 Å². The van der Waals surface area contributed by atoms with Crippen molar-refractivity contribution in [1.29, 1.82) is 0 Å². The van der Waals surface area contributed by atoms with E-state index in [-0.39, 0.29) is 0 Å². The van der Waals surface area contributed by atoms with Crippen LogP contribution >= 0.6 is 0 Å². The van der Waals surface area contributed by atoms with Crippen LogP contribution in [0.25, 0.3) is 90.9 Å². The van der Waals surface area contributed by atoms with Gasteiger partial charge in [-0.1, -0.05) is 115 Å². The minimum Gasteiger partial charge on any atom is -0.423 e. The molecule has 8 bridgehead atoms. The average Bonchev–Trinajstić information content (AvgIpc) is 4.01. The number of nitrogens with zero attached hydrogens (tertiary/aromatic N) is 2. The van der Waals surface area contributed by atoms with Crippen molar-refractivity contribution in [3.8, 4) is 44.5 Å². The third kappa shape index (κ3) is 5.61. The third-order valence-electron chi connectivity index (χ3n) is 9.44. The van der Waals surface area contributed by atoms with E-state index in [9.17, 15) is 10.0 Å². The summed E-state index contributed by atoms with van der Waals surface area (Å²) in [6.07, 6.45) is 8.32. The van der Waals surface area contributed by atoms with Crippen molar-refractivity contribution < 1.29 is 10.0 Å². The number of rotatable bonds is 5. The molecule has 0 saturated heterocycles. The minimum absolute atomic E-state index is 0.419. The first kappa shape index (κ1) is 30.5. The predicted molar refractivity (Wildman–Crippen MR) is 210 cm³/mol. The monoisotopic (exact) mass is 658 g/mol. The molecule has 242 valence electrons. The summed E-state index contributed by atoms with van der Waals surface area (Å²) in [5, 5.41) is 19.7. The number of aromatic nitrogens is 4. The van der Waals surface area contributed by atoms with Gasteiger partial charge in [-0.3, -0.25) is 0 Å². The lowest BCUT2D eigenvalue weighted by atomic mass is 9.80. The molecule has 0 amide bonds. The van der Waals surface area contributed by atoms with Crippen LogP contribution in [0.1, 0.15) is 22.8 Å². The number of benzene rings is 4. The summed E-state index contributed by atoms with van der Waals surface area (Å²) in [6.45, 7) is 0. The second-order valence-corrected chi connectivity index (χ2v) is 12.6. The largest absolute Gasteiger partial charge is 0.488 e. The van der Waals surface area contributed by atoms with E-state index in [4.69, 9.17) is 9.97 Å². The van der Waals surface area contributed by atoms with Gasteiger partial charge in [-0.05, 0) is 76.3 Å². The molecule has 0 spiro atoms. The molecule has 4 aromatic carbocycles. The lowest BCUT2D eigenvalue weighted by molar-refractivity contribution is 0.426. The molecule has 2 aliphatic rings. The molecule has 7 heteroatoms. The molecule has 0 radical (unpaired) electrons. The van der Waals surface area contributed by atoms with Gasteiger partial charge in [0.15, 0.2) is 0 Å². The van der Waals surface area contributed by atoms with Gasteiger partial charge in [0.25, 0.3) is 0 Å². The summed E-state index contributed by atoms with van der Waals surface area (Å²) in [5.74, 6) is 0. The Morgan fingerprint density at radius 1 is 0.353 bits per heavy atom. The van der Waals surface area contributed by atoms with Crippen molar-refractivity contribution in [1.82, 2.24) is 19.9 Å². The summed E-state index contributed by atoms with van der Waals surface area (Å²) < 4.78 is 0. The lowest BCUT2D eigenvalue weighted by Gasteiger charge is -2.07. The molecule has 4 N–H and O–H groups in total. The summed E-state index contributed by atoms with van der Waals surface area (Å²) in [4.78, 5) is 18.1.